The van der Waals surface area contributed by atoms with Gasteiger partial charge in [-0.2, -0.15) is 0 Å². The minimum atomic E-state index is -0.305. The lowest BCUT2D eigenvalue weighted by molar-refractivity contribution is -0.134. The lowest BCUT2D eigenvalue weighted by Crippen LogP contribution is -2.10. The van der Waals surface area contributed by atoms with Crippen LogP contribution in [0.15, 0.2) is 36.4 Å². The van der Waals surface area contributed by atoms with Crippen molar-refractivity contribution in [2.45, 2.75) is 19.8 Å². The third kappa shape index (κ3) is 4.39. The average Bonchev–Trinajstić information content (AvgIpc) is 2.55. The molecule has 0 saturated heterocycles. The fourth-order valence-corrected chi connectivity index (χ4v) is 2.51. The highest BCUT2D eigenvalue weighted by Crippen LogP contribution is 2.31. The van der Waals surface area contributed by atoms with Crippen LogP contribution in [0.2, 0.25) is 5.02 Å². The molecule has 0 aromatic heterocycles. The molecule has 0 radical (unpaired) electrons. The van der Waals surface area contributed by atoms with Crippen LogP contribution in [0.4, 0.5) is 0 Å². The summed E-state index contributed by atoms with van der Waals surface area (Å²) in [7, 11) is 3.16. The quantitative estimate of drug-likeness (QED) is 0.586. The van der Waals surface area contributed by atoms with E-state index in [0.717, 1.165) is 11.1 Å². The predicted molar refractivity (Wildman–Crippen MR) is 89.7 cm³/mol. The number of carbonyl (C=O) groups excluding carboxylic acids is 1. The Morgan fingerprint density at radius 2 is 1.87 bits per heavy atom. The van der Waals surface area contributed by atoms with Crippen molar-refractivity contribution >= 4 is 17.6 Å². The second kappa shape index (κ2) is 7.88. The molecule has 0 unspecified atom stereocenters. The van der Waals surface area contributed by atoms with Crippen molar-refractivity contribution < 1.29 is 19.0 Å². The Morgan fingerprint density at radius 3 is 2.52 bits per heavy atom. The molecule has 0 aliphatic carbocycles. The predicted octanol–water partition coefficient (Wildman–Crippen LogP) is 4.20. The van der Waals surface area contributed by atoms with Gasteiger partial charge in [-0.25, -0.2) is 0 Å². The number of benzene rings is 2. The maximum atomic E-state index is 12.0. The summed E-state index contributed by atoms with van der Waals surface area (Å²) in [5, 5.41) is 0.614. The SMILES string of the molecule is COc1cccc(CCC(=O)Oc2ccc(Cl)cc2C)c1OC. The van der Waals surface area contributed by atoms with E-state index in [1.807, 2.05) is 25.1 Å². The molecule has 0 aliphatic rings. The first kappa shape index (κ1) is 17.2. The zero-order chi connectivity index (χ0) is 16.8. The maximum absolute atomic E-state index is 12.0. The number of carbonyl (C=O) groups is 1. The standard InChI is InChI=1S/C18H19ClO4/c1-12-11-14(19)8-9-15(12)23-17(20)10-7-13-5-4-6-16(21-2)18(13)22-3/h4-6,8-9,11H,7,10H2,1-3H3. The van der Waals surface area contributed by atoms with Gasteiger partial charge in [0.05, 0.1) is 20.6 Å². The molecular weight excluding hydrogens is 316 g/mol. The second-order valence-electron chi connectivity index (χ2n) is 5.04. The zero-order valence-electron chi connectivity index (χ0n) is 13.4. The van der Waals surface area contributed by atoms with Crippen LogP contribution in [-0.2, 0) is 11.2 Å². The van der Waals surface area contributed by atoms with E-state index >= 15 is 0 Å². The van der Waals surface area contributed by atoms with Crippen molar-refractivity contribution in [2.24, 2.45) is 0 Å². The van der Waals surface area contributed by atoms with Crippen molar-refractivity contribution in [3.8, 4) is 17.2 Å². The molecule has 23 heavy (non-hydrogen) atoms. The van der Waals surface area contributed by atoms with Gasteiger partial charge in [-0.05, 0) is 48.7 Å². The van der Waals surface area contributed by atoms with Crippen molar-refractivity contribution in [3.63, 3.8) is 0 Å². The van der Waals surface area contributed by atoms with E-state index < -0.39 is 0 Å². The third-order valence-corrected chi connectivity index (χ3v) is 3.68. The van der Waals surface area contributed by atoms with Crippen LogP contribution in [0.1, 0.15) is 17.5 Å². The molecule has 0 bridgehead atoms. The number of aryl methyl sites for hydroxylation is 2. The summed E-state index contributed by atoms with van der Waals surface area (Å²) in [4.78, 5) is 12.0. The normalized spacial score (nSPS) is 10.3. The summed E-state index contributed by atoms with van der Waals surface area (Å²) >= 11 is 5.89. The molecule has 0 atom stereocenters. The van der Waals surface area contributed by atoms with E-state index in [9.17, 15) is 4.79 Å². The number of hydrogen-bond acceptors (Lipinski definition) is 4. The highest BCUT2D eigenvalue weighted by molar-refractivity contribution is 6.30. The maximum Gasteiger partial charge on any atom is 0.311 e. The Bertz CT molecular complexity index is 697. The highest BCUT2D eigenvalue weighted by atomic mass is 35.5. The van der Waals surface area contributed by atoms with Crippen LogP contribution in [0.5, 0.6) is 17.2 Å². The minimum absolute atomic E-state index is 0.242. The van der Waals surface area contributed by atoms with Crippen LogP contribution in [0, 0.1) is 6.92 Å². The monoisotopic (exact) mass is 334 g/mol. The molecule has 2 aromatic rings. The molecule has 0 heterocycles. The molecule has 0 N–H and O–H groups in total. The Kier molecular flexibility index (Phi) is 5.88. The molecule has 0 saturated carbocycles. The Labute approximate surface area is 140 Å². The van der Waals surface area contributed by atoms with Gasteiger partial charge >= 0.3 is 5.97 Å². The highest BCUT2D eigenvalue weighted by Gasteiger charge is 2.13. The summed E-state index contributed by atoms with van der Waals surface area (Å²) < 4.78 is 16.0. The van der Waals surface area contributed by atoms with Crippen molar-refractivity contribution in [2.75, 3.05) is 14.2 Å². The molecule has 4 nitrogen and oxygen atoms in total. The summed E-state index contributed by atoms with van der Waals surface area (Å²) in [5.41, 5.74) is 1.72. The number of rotatable bonds is 6. The van der Waals surface area contributed by atoms with Gasteiger partial charge in [0.15, 0.2) is 11.5 Å². The fourth-order valence-electron chi connectivity index (χ4n) is 2.29. The molecule has 0 amide bonds. The van der Waals surface area contributed by atoms with E-state index in [0.29, 0.717) is 28.7 Å². The molecule has 0 spiro atoms. The van der Waals surface area contributed by atoms with E-state index in [-0.39, 0.29) is 12.4 Å². The van der Waals surface area contributed by atoms with E-state index in [1.165, 1.54) is 0 Å². The van der Waals surface area contributed by atoms with Gasteiger partial charge < -0.3 is 14.2 Å². The smallest absolute Gasteiger partial charge is 0.311 e. The minimum Gasteiger partial charge on any atom is -0.493 e. The number of hydrogen-bond donors (Lipinski definition) is 0. The fraction of sp³-hybridized carbons (Fsp3) is 0.278. The number of halogens is 1. The summed E-state index contributed by atoms with van der Waals surface area (Å²) in [6.07, 6.45) is 0.747. The van der Waals surface area contributed by atoms with Crippen molar-refractivity contribution in [1.29, 1.82) is 0 Å². The molecule has 0 aliphatic heterocycles. The lowest BCUT2D eigenvalue weighted by Gasteiger charge is -2.12. The number of ether oxygens (including phenoxy) is 3. The summed E-state index contributed by atoms with van der Waals surface area (Å²) in [5.74, 6) is 1.51. The van der Waals surface area contributed by atoms with Crippen LogP contribution in [0.25, 0.3) is 0 Å². The van der Waals surface area contributed by atoms with Gasteiger partial charge in [-0.15, -0.1) is 0 Å². The topological polar surface area (TPSA) is 44.8 Å². The first-order valence-electron chi connectivity index (χ1n) is 7.22. The van der Waals surface area contributed by atoms with Crippen molar-refractivity contribution in [1.82, 2.24) is 0 Å². The average molecular weight is 335 g/mol. The molecule has 5 heteroatoms. The number of methoxy groups -OCH3 is 2. The van der Waals surface area contributed by atoms with Gasteiger partial charge in [0, 0.05) is 5.02 Å². The zero-order valence-corrected chi connectivity index (χ0v) is 14.1. The number of para-hydroxylation sites is 1. The molecule has 2 rings (SSSR count). The van der Waals surface area contributed by atoms with Crippen LogP contribution in [-0.4, -0.2) is 20.2 Å². The number of esters is 1. The van der Waals surface area contributed by atoms with Crippen LogP contribution < -0.4 is 14.2 Å². The van der Waals surface area contributed by atoms with E-state index in [1.54, 1.807) is 32.4 Å². The Morgan fingerprint density at radius 1 is 1.09 bits per heavy atom. The third-order valence-electron chi connectivity index (χ3n) is 3.44. The summed E-state index contributed by atoms with van der Waals surface area (Å²) in [6.45, 7) is 1.85. The Balaban J connectivity index is 2.02. The van der Waals surface area contributed by atoms with Gasteiger partial charge in [0.25, 0.3) is 0 Å². The van der Waals surface area contributed by atoms with Crippen LogP contribution in [0.3, 0.4) is 0 Å². The van der Waals surface area contributed by atoms with Crippen molar-refractivity contribution in [3.05, 3.63) is 52.5 Å². The first-order chi connectivity index (χ1) is 11.0. The lowest BCUT2D eigenvalue weighted by atomic mass is 10.1. The van der Waals surface area contributed by atoms with E-state index in [2.05, 4.69) is 0 Å². The molecule has 122 valence electrons. The second-order valence-corrected chi connectivity index (χ2v) is 5.47. The van der Waals surface area contributed by atoms with Gasteiger partial charge in [0.2, 0.25) is 0 Å². The van der Waals surface area contributed by atoms with Gasteiger partial charge in [-0.1, -0.05) is 23.7 Å². The van der Waals surface area contributed by atoms with Gasteiger partial charge in [0.1, 0.15) is 5.75 Å². The first-order valence-corrected chi connectivity index (χ1v) is 7.59. The van der Waals surface area contributed by atoms with E-state index in [4.69, 9.17) is 25.8 Å². The largest absolute Gasteiger partial charge is 0.493 e. The molecule has 0 fully saturated rings. The Hall–Kier alpha value is -2.20. The summed E-state index contributed by atoms with van der Waals surface area (Å²) in [6, 6.07) is 10.7. The van der Waals surface area contributed by atoms with Crippen LogP contribution >= 0.6 is 11.6 Å². The molecule has 2 aromatic carbocycles. The molecular formula is C18H19ClO4. The van der Waals surface area contributed by atoms with Gasteiger partial charge in [-0.3, -0.25) is 4.79 Å².